The fourth-order valence-corrected chi connectivity index (χ4v) is 3.99. The first-order valence-electron chi connectivity index (χ1n) is 9.65. The van der Waals surface area contributed by atoms with Crippen LogP contribution in [0, 0.1) is 18.8 Å². The summed E-state index contributed by atoms with van der Waals surface area (Å²) in [5.41, 5.74) is 2.40. The summed E-state index contributed by atoms with van der Waals surface area (Å²) in [5, 5.41) is 7.47. The van der Waals surface area contributed by atoms with Crippen LogP contribution in [0.5, 0.6) is 0 Å². The highest BCUT2D eigenvalue weighted by atomic mass is 16.1. The lowest BCUT2D eigenvalue weighted by Crippen LogP contribution is -2.40. The maximum atomic E-state index is 12.4. The quantitative estimate of drug-likeness (QED) is 0.810. The van der Waals surface area contributed by atoms with Crippen molar-refractivity contribution in [3.63, 3.8) is 0 Å². The van der Waals surface area contributed by atoms with Gasteiger partial charge in [0.15, 0.2) is 5.69 Å². The molecule has 2 unspecified atom stereocenters. The van der Waals surface area contributed by atoms with Gasteiger partial charge in [-0.1, -0.05) is 32.0 Å². The van der Waals surface area contributed by atoms with Gasteiger partial charge >= 0.3 is 0 Å². The van der Waals surface area contributed by atoms with E-state index in [0.29, 0.717) is 12.2 Å². The monoisotopic (exact) mass is 354 g/mol. The zero-order valence-electron chi connectivity index (χ0n) is 16.1. The summed E-state index contributed by atoms with van der Waals surface area (Å²) in [6.07, 6.45) is 2.31. The average molecular weight is 354 g/mol. The lowest BCUT2D eigenvalue weighted by Gasteiger charge is -2.34. The van der Waals surface area contributed by atoms with Gasteiger partial charge in [-0.15, -0.1) is 0 Å². The number of nitrogens with zero attached hydrogens (tertiary/aromatic N) is 3. The van der Waals surface area contributed by atoms with E-state index in [4.69, 9.17) is 0 Å². The molecule has 0 radical (unpaired) electrons. The van der Waals surface area contributed by atoms with E-state index in [1.54, 1.807) is 0 Å². The third kappa shape index (κ3) is 4.73. The summed E-state index contributed by atoms with van der Waals surface area (Å²) in [7, 11) is 0. The van der Waals surface area contributed by atoms with Crippen molar-refractivity contribution >= 4 is 5.91 Å². The molecular weight excluding hydrogens is 324 g/mol. The number of piperidine rings is 1. The van der Waals surface area contributed by atoms with Gasteiger partial charge in [-0.3, -0.25) is 4.79 Å². The predicted octanol–water partition coefficient (Wildman–Crippen LogP) is 3.28. The fraction of sp³-hybridized carbons (Fsp3) is 0.524. The summed E-state index contributed by atoms with van der Waals surface area (Å²) < 4.78 is 1.81. The van der Waals surface area contributed by atoms with Gasteiger partial charge in [0.2, 0.25) is 0 Å². The minimum Gasteiger partial charge on any atom is -0.351 e. The summed E-state index contributed by atoms with van der Waals surface area (Å²) in [6, 6.07) is 11.7. The number of aryl methyl sites for hydroxylation is 1. The van der Waals surface area contributed by atoms with Crippen molar-refractivity contribution in [2.75, 3.05) is 26.2 Å². The highest BCUT2D eigenvalue weighted by Crippen LogP contribution is 2.20. The smallest absolute Gasteiger partial charge is 0.271 e. The van der Waals surface area contributed by atoms with Crippen molar-refractivity contribution in [2.45, 2.75) is 33.6 Å². The fourth-order valence-electron chi connectivity index (χ4n) is 3.99. The standard InChI is InChI=1S/C21H30N4O/c1-16-12-17(2)15-24(14-16)11-7-10-22-21(26)20-13-18(3)25(23-20)19-8-5-4-6-9-19/h4-6,8-9,13,16-17H,7,10-12,14-15H2,1-3H3,(H,22,26). The van der Waals surface area contributed by atoms with E-state index in [0.717, 1.165) is 36.2 Å². The maximum Gasteiger partial charge on any atom is 0.271 e. The number of hydrogen-bond acceptors (Lipinski definition) is 3. The van der Waals surface area contributed by atoms with E-state index >= 15 is 0 Å². The highest BCUT2D eigenvalue weighted by Gasteiger charge is 2.21. The second-order valence-corrected chi connectivity index (χ2v) is 7.73. The summed E-state index contributed by atoms with van der Waals surface area (Å²) in [4.78, 5) is 14.9. The predicted molar refractivity (Wildman–Crippen MR) is 105 cm³/mol. The van der Waals surface area contributed by atoms with E-state index in [1.165, 1.54) is 19.5 Å². The molecule has 5 heteroatoms. The van der Waals surface area contributed by atoms with E-state index in [2.05, 4.69) is 29.2 Å². The molecule has 3 rings (SSSR count). The van der Waals surface area contributed by atoms with Crippen LogP contribution in [0.1, 0.15) is 42.9 Å². The van der Waals surface area contributed by atoms with E-state index < -0.39 is 0 Å². The molecular formula is C21H30N4O. The Hall–Kier alpha value is -2.14. The molecule has 1 aliphatic heterocycles. The average Bonchev–Trinajstić information content (AvgIpc) is 3.00. The van der Waals surface area contributed by atoms with Gasteiger partial charge in [0.05, 0.1) is 5.69 Å². The Kier molecular flexibility index (Phi) is 6.09. The van der Waals surface area contributed by atoms with Crippen LogP contribution >= 0.6 is 0 Å². The molecule has 1 fully saturated rings. The molecule has 1 aromatic carbocycles. The summed E-state index contributed by atoms with van der Waals surface area (Å²) in [5.74, 6) is 1.46. The van der Waals surface area contributed by atoms with Crippen molar-refractivity contribution in [2.24, 2.45) is 11.8 Å². The number of carbonyl (C=O) groups is 1. The minimum absolute atomic E-state index is 0.0943. The van der Waals surface area contributed by atoms with Crippen LogP contribution < -0.4 is 5.32 Å². The number of rotatable bonds is 6. The van der Waals surface area contributed by atoms with Crippen molar-refractivity contribution < 1.29 is 4.79 Å². The Bertz CT molecular complexity index is 715. The Morgan fingerprint density at radius 3 is 2.58 bits per heavy atom. The number of aromatic nitrogens is 2. The van der Waals surface area contributed by atoms with Crippen LogP contribution in [0.2, 0.25) is 0 Å². The lowest BCUT2D eigenvalue weighted by molar-refractivity contribution is 0.0942. The zero-order chi connectivity index (χ0) is 18.5. The first-order chi connectivity index (χ1) is 12.5. The third-order valence-corrected chi connectivity index (χ3v) is 5.00. The van der Waals surface area contributed by atoms with Gasteiger partial charge < -0.3 is 10.2 Å². The van der Waals surface area contributed by atoms with Crippen molar-refractivity contribution in [3.8, 4) is 5.69 Å². The molecule has 0 aliphatic carbocycles. The molecule has 0 bridgehead atoms. The number of carbonyl (C=O) groups excluding carboxylic acids is 1. The van der Waals surface area contributed by atoms with Crippen LogP contribution in [-0.2, 0) is 0 Å². The topological polar surface area (TPSA) is 50.2 Å². The number of benzene rings is 1. The Morgan fingerprint density at radius 1 is 1.19 bits per heavy atom. The molecule has 1 amide bonds. The van der Waals surface area contributed by atoms with Gasteiger partial charge in [-0.05, 0) is 56.3 Å². The van der Waals surface area contributed by atoms with Gasteiger partial charge in [0.25, 0.3) is 5.91 Å². The van der Waals surface area contributed by atoms with Crippen molar-refractivity contribution in [1.82, 2.24) is 20.0 Å². The van der Waals surface area contributed by atoms with Gasteiger partial charge in [-0.25, -0.2) is 4.68 Å². The Morgan fingerprint density at radius 2 is 1.88 bits per heavy atom. The SMILES string of the molecule is Cc1cc(C(=O)NCCCN2CC(C)CC(C)C2)nn1-c1ccccc1. The minimum atomic E-state index is -0.0943. The molecule has 1 saturated heterocycles. The number of hydrogen-bond donors (Lipinski definition) is 1. The summed E-state index contributed by atoms with van der Waals surface area (Å²) in [6.45, 7) is 10.7. The van der Waals surface area contributed by atoms with Gasteiger partial charge in [-0.2, -0.15) is 5.10 Å². The molecule has 0 saturated carbocycles. The molecule has 5 nitrogen and oxygen atoms in total. The molecule has 1 aromatic heterocycles. The number of amides is 1. The number of nitrogens with one attached hydrogen (secondary N) is 1. The largest absolute Gasteiger partial charge is 0.351 e. The van der Waals surface area contributed by atoms with Gasteiger partial charge in [0.1, 0.15) is 0 Å². The highest BCUT2D eigenvalue weighted by molar-refractivity contribution is 5.92. The number of para-hydroxylation sites is 1. The molecule has 2 atom stereocenters. The van der Waals surface area contributed by atoms with E-state index in [1.807, 2.05) is 48.0 Å². The van der Waals surface area contributed by atoms with Crippen LogP contribution in [0.15, 0.2) is 36.4 Å². The lowest BCUT2D eigenvalue weighted by atomic mass is 9.92. The van der Waals surface area contributed by atoms with Crippen LogP contribution in [0.3, 0.4) is 0 Å². The van der Waals surface area contributed by atoms with E-state index in [9.17, 15) is 4.79 Å². The molecule has 0 spiro atoms. The molecule has 2 heterocycles. The number of likely N-dealkylation sites (tertiary alicyclic amines) is 1. The third-order valence-electron chi connectivity index (χ3n) is 5.00. The Labute approximate surface area is 156 Å². The van der Waals surface area contributed by atoms with Crippen LogP contribution in [0.4, 0.5) is 0 Å². The van der Waals surface area contributed by atoms with Gasteiger partial charge in [0, 0.05) is 25.3 Å². The second kappa shape index (κ2) is 8.49. The molecule has 2 aromatic rings. The van der Waals surface area contributed by atoms with E-state index in [-0.39, 0.29) is 5.91 Å². The van der Waals surface area contributed by atoms with Crippen LogP contribution in [-0.4, -0.2) is 46.8 Å². The maximum absolute atomic E-state index is 12.4. The zero-order valence-corrected chi connectivity index (χ0v) is 16.1. The summed E-state index contributed by atoms with van der Waals surface area (Å²) >= 11 is 0. The normalized spacial score (nSPS) is 20.9. The molecule has 1 aliphatic rings. The Balaban J connectivity index is 1.48. The van der Waals surface area contributed by atoms with Crippen molar-refractivity contribution in [1.29, 1.82) is 0 Å². The molecule has 140 valence electrons. The first-order valence-corrected chi connectivity index (χ1v) is 9.65. The second-order valence-electron chi connectivity index (χ2n) is 7.73. The van der Waals surface area contributed by atoms with Crippen LogP contribution in [0.25, 0.3) is 5.69 Å². The first kappa shape index (κ1) is 18.6. The molecule has 26 heavy (non-hydrogen) atoms. The molecule has 1 N–H and O–H groups in total. The van der Waals surface area contributed by atoms with Crippen molar-refractivity contribution in [3.05, 3.63) is 47.8 Å².